The van der Waals surface area contributed by atoms with Gasteiger partial charge in [0, 0.05) is 5.41 Å². The molecule has 2 rings (SSSR count). The van der Waals surface area contributed by atoms with Crippen LogP contribution in [0.5, 0.6) is 0 Å². The highest BCUT2D eigenvalue weighted by atomic mass is 16.3. The van der Waals surface area contributed by atoms with Gasteiger partial charge in [-0.25, -0.2) is 4.98 Å². The van der Waals surface area contributed by atoms with Gasteiger partial charge in [-0.1, -0.05) is 19.8 Å². The lowest BCUT2D eigenvalue weighted by Crippen LogP contribution is -2.21. The minimum absolute atomic E-state index is 0.00637. The van der Waals surface area contributed by atoms with Crippen LogP contribution in [-0.2, 0) is 12.0 Å². The van der Waals surface area contributed by atoms with Gasteiger partial charge in [-0.15, -0.1) is 0 Å². The lowest BCUT2D eigenvalue weighted by molar-refractivity contribution is 0.261. The van der Waals surface area contributed by atoms with E-state index in [9.17, 15) is 0 Å². The predicted octanol–water partition coefficient (Wildman–Crippen LogP) is 2.39. The molecule has 1 aromatic rings. The summed E-state index contributed by atoms with van der Waals surface area (Å²) in [6, 6.07) is 0. The van der Waals surface area contributed by atoms with E-state index in [1.54, 1.807) is 0 Å². The predicted molar refractivity (Wildman–Crippen MR) is 52.9 cm³/mol. The highest BCUT2D eigenvalue weighted by molar-refractivity contribution is 5.20. The van der Waals surface area contributed by atoms with E-state index in [0.29, 0.717) is 0 Å². The Balaban J connectivity index is 2.35. The van der Waals surface area contributed by atoms with Crippen molar-refractivity contribution >= 4 is 0 Å². The Bertz CT molecular complexity index is 300. The molecule has 3 heteroatoms. The SMILES string of the molecule is CCC1(c2ocnc2CO)CCCC1. The summed E-state index contributed by atoms with van der Waals surface area (Å²) in [5.41, 5.74) is 0.892. The van der Waals surface area contributed by atoms with Gasteiger partial charge in [0.25, 0.3) is 0 Å². The molecule has 0 saturated heterocycles. The van der Waals surface area contributed by atoms with Crippen LogP contribution in [0.4, 0.5) is 0 Å². The first-order valence-electron chi connectivity index (χ1n) is 5.36. The van der Waals surface area contributed by atoms with Crippen molar-refractivity contribution in [3.8, 4) is 0 Å². The summed E-state index contributed by atoms with van der Waals surface area (Å²) in [5, 5.41) is 9.16. The second-order valence-corrected chi connectivity index (χ2v) is 4.13. The zero-order valence-electron chi connectivity index (χ0n) is 8.62. The van der Waals surface area contributed by atoms with Crippen molar-refractivity contribution in [3.63, 3.8) is 0 Å². The van der Waals surface area contributed by atoms with Crippen LogP contribution in [0.1, 0.15) is 50.5 Å². The Morgan fingerprint density at radius 3 is 2.79 bits per heavy atom. The highest BCUT2D eigenvalue weighted by Gasteiger charge is 2.38. The standard InChI is InChI=1S/C11H17NO2/c1-2-11(5-3-4-6-11)10-9(7-13)12-8-14-10/h8,13H,2-7H2,1H3. The molecule has 1 fully saturated rings. The Morgan fingerprint density at radius 1 is 1.50 bits per heavy atom. The first-order chi connectivity index (χ1) is 6.82. The minimum atomic E-state index is -0.00637. The molecule has 1 N–H and O–H groups in total. The number of rotatable bonds is 3. The fourth-order valence-corrected chi connectivity index (χ4v) is 2.61. The van der Waals surface area contributed by atoms with E-state index in [0.717, 1.165) is 17.9 Å². The molecule has 0 atom stereocenters. The molecule has 0 aliphatic heterocycles. The monoisotopic (exact) mass is 195 g/mol. The topological polar surface area (TPSA) is 46.3 Å². The van der Waals surface area contributed by atoms with E-state index in [-0.39, 0.29) is 12.0 Å². The van der Waals surface area contributed by atoms with Gasteiger partial charge in [-0.3, -0.25) is 0 Å². The maximum absolute atomic E-state index is 9.16. The van der Waals surface area contributed by atoms with Crippen LogP contribution in [0, 0.1) is 0 Å². The molecule has 0 amide bonds. The summed E-state index contributed by atoms with van der Waals surface area (Å²) in [7, 11) is 0. The molecule has 0 bridgehead atoms. The Kier molecular flexibility index (Phi) is 2.59. The van der Waals surface area contributed by atoms with E-state index in [2.05, 4.69) is 11.9 Å². The van der Waals surface area contributed by atoms with Gasteiger partial charge in [-0.05, 0) is 19.3 Å². The Hall–Kier alpha value is -0.830. The van der Waals surface area contributed by atoms with Crippen molar-refractivity contribution < 1.29 is 9.52 Å². The van der Waals surface area contributed by atoms with Crippen molar-refractivity contribution in [1.82, 2.24) is 4.98 Å². The van der Waals surface area contributed by atoms with Crippen LogP contribution in [-0.4, -0.2) is 10.1 Å². The molecular weight excluding hydrogens is 178 g/mol. The van der Waals surface area contributed by atoms with Gasteiger partial charge in [0.15, 0.2) is 6.39 Å². The summed E-state index contributed by atoms with van der Waals surface area (Å²) in [4.78, 5) is 4.06. The third-order valence-electron chi connectivity index (χ3n) is 3.51. The lowest BCUT2D eigenvalue weighted by atomic mass is 9.80. The molecule has 78 valence electrons. The summed E-state index contributed by atoms with van der Waals surface area (Å²) in [6.07, 6.45) is 7.40. The second-order valence-electron chi connectivity index (χ2n) is 4.13. The van der Waals surface area contributed by atoms with Crippen molar-refractivity contribution in [1.29, 1.82) is 0 Å². The lowest BCUT2D eigenvalue weighted by Gasteiger charge is -2.25. The average molecular weight is 195 g/mol. The molecule has 0 radical (unpaired) electrons. The number of nitrogens with zero attached hydrogens (tertiary/aromatic N) is 1. The largest absolute Gasteiger partial charge is 0.448 e. The van der Waals surface area contributed by atoms with Gasteiger partial charge in [0.05, 0.1) is 6.61 Å². The summed E-state index contributed by atoms with van der Waals surface area (Å²) < 4.78 is 5.46. The molecule has 0 aromatic carbocycles. The van der Waals surface area contributed by atoms with Crippen LogP contribution < -0.4 is 0 Å². The van der Waals surface area contributed by atoms with E-state index in [1.165, 1.54) is 32.1 Å². The highest BCUT2D eigenvalue weighted by Crippen LogP contribution is 2.44. The van der Waals surface area contributed by atoms with Gasteiger partial charge < -0.3 is 9.52 Å². The molecule has 1 aliphatic rings. The quantitative estimate of drug-likeness (QED) is 0.805. The van der Waals surface area contributed by atoms with E-state index >= 15 is 0 Å². The summed E-state index contributed by atoms with van der Waals surface area (Å²) in [5.74, 6) is 0.931. The normalized spacial score (nSPS) is 20.1. The van der Waals surface area contributed by atoms with E-state index in [4.69, 9.17) is 9.52 Å². The number of hydrogen-bond acceptors (Lipinski definition) is 3. The first-order valence-corrected chi connectivity index (χ1v) is 5.36. The van der Waals surface area contributed by atoms with Crippen molar-refractivity contribution in [2.75, 3.05) is 0 Å². The zero-order chi connectivity index (χ0) is 10.0. The van der Waals surface area contributed by atoms with Gasteiger partial charge >= 0.3 is 0 Å². The molecule has 1 aromatic heterocycles. The maximum atomic E-state index is 9.16. The molecule has 0 spiro atoms. The van der Waals surface area contributed by atoms with Crippen LogP contribution in [0.2, 0.25) is 0 Å². The number of aliphatic hydroxyl groups excluding tert-OH is 1. The van der Waals surface area contributed by atoms with Crippen LogP contribution in [0.15, 0.2) is 10.8 Å². The molecular formula is C11H17NO2. The molecule has 0 unspecified atom stereocenters. The Labute approximate surface area is 84.2 Å². The van der Waals surface area contributed by atoms with Crippen molar-refractivity contribution in [3.05, 3.63) is 17.8 Å². The van der Waals surface area contributed by atoms with Crippen LogP contribution in [0.25, 0.3) is 0 Å². The van der Waals surface area contributed by atoms with Gasteiger partial charge in [-0.2, -0.15) is 0 Å². The molecule has 1 heterocycles. The number of hydrogen-bond donors (Lipinski definition) is 1. The van der Waals surface area contributed by atoms with E-state index < -0.39 is 0 Å². The average Bonchev–Trinajstić information content (AvgIpc) is 2.86. The van der Waals surface area contributed by atoms with Crippen LogP contribution in [0.3, 0.4) is 0 Å². The van der Waals surface area contributed by atoms with Gasteiger partial charge in [0.1, 0.15) is 11.5 Å². The fraction of sp³-hybridized carbons (Fsp3) is 0.727. The minimum Gasteiger partial charge on any atom is -0.448 e. The first kappa shape index (κ1) is 9.71. The number of aliphatic hydroxyl groups is 1. The second kappa shape index (κ2) is 3.73. The number of oxazole rings is 1. The molecule has 1 aliphatic carbocycles. The third-order valence-corrected chi connectivity index (χ3v) is 3.51. The smallest absolute Gasteiger partial charge is 0.181 e. The Morgan fingerprint density at radius 2 is 2.21 bits per heavy atom. The maximum Gasteiger partial charge on any atom is 0.181 e. The van der Waals surface area contributed by atoms with Crippen molar-refractivity contribution in [2.24, 2.45) is 0 Å². The third kappa shape index (κ3) is 1.36. The molecule has 14 heavy (non-hydrogen) atoms. The van der Waals surface area contributed by atoms with Crippen LogP contribution >= 0.6 is 0 Å². The van der Waals surface area contributed by atoms with E-state index in [1.807, 2.05) is 0 Å². The number of aromatic nitrogens is 1. The molecule has 1 saturated carbocycles. The molecule has 3 nitrogen and oxygen atoms in total. The fourth-order valence-electron chi connectivity index (χ4n) is 2.61. The van der Waals surface area contributed by atoms with Crippen molar-refractivity contribution in [2.45, 2.75) is 51.0 Å². The summed E-state index contributed by atoms with van der Waals surface area (Å²) >= 11 is 0. The summed E-state index contributed by atoms with van der Waals surface area (Å²) in [6.45, 7) is 2.18. The zero-order valence-corrected chi connectivity index (χ0v) is 8.62. The van der Waals surface area contributed by atoms with Gasteiger partial charge in [0.2, 0.25) is 0 Å².